The summed E-state index contributed by atoms with van der Waals surface area (Å²) in [6.07, 6.45) is 4.33. The minimum atomic E-state index is 0. The first kappa shape index (κ1) is 37.8. The molecule has 0 bridgehead atoms. The van der Waals surface area contributed by atoms with Crippen LogP contribution in [0.2, 0.25) is 0 Å². The molecular weight excluding hydrogens is 721 g/mol. The Morgan fingerprint density at radius 2 is 0.649 bits per heavy atom. The molecule has 0 atom stereocenters. The molecule has 4 saturated heterocycles. The third kappa shape index (κ3) is 22.2. The molecule has 4 heterocycles. The van der Waals surface area contributed by atoms with E-state index in [1.807, 2.05) is 0 Å². The van der Waals surface area contributed by atoms with Gasteiger partial charge in [0.2, 0.25) is 0 Å². The minimum absolute atomic E-state index is 0. The quantitative estimate of drug-likeness (QED) is 0.174. The van der Waals surface area contributed by atoms with Crippen molar-refractivity contribution in [2.75, 3.05) is 52.4 Å². The molecule has 0 aromatic heterocycles. The molecule has 4 aliphatic rings. The van der Waals surface area contributed by atoms with E-state index in [0.717, 1.165) is 78.0 Å². The maximum Gasteiger partial charge on any atom is 4.00 e. The molecule has 4 aliphatic heterocycles. The molecule has 12 nitrogen and oxygen atoms in total. The molecule has 0 unspecified atom stereocenters. The fourth-order valence-corrected chi connectivity index (χ4v) is 3.41. The minimum Gasteiger partial charge on any atom is -0.412 e. The average Bonchev–Trinajstić information content (AvgIpc) is 3.58. The van der Waals surface area contributed by atoms with Crippen LogP contribution < -0.4 is 21.7 Å². The van der Waals surface area contributed by atoms with Gasteiger partial charge in [-0.15, -0.1) is 0 Å². The van der Waals surface area contributed by atoms with Crippen LogP contribution in [0.15, 0.2) is 0 Å². The number of nitrogens with one attached hydrogen (secondary N) is 4. The second-order valence-electron chi connectivity index (χ2n) is 6.82. The van der Waals surface area contributed by atoms with E-state index in [9.17, 15) is 0 Å². The van der Waals surface area contributed by atoms with Gasteiger partial charge in [0.25, 0.3) is 0 Å². The van der Waals surface area contributed by atoms with E-state index < -0.39 is 0 Å². The molecule has 21 heteroatoms. The van der Waals surface area contributed by atoms with Crippen molar-refractivity contribution in [1.82, 2.24) is 42.4 Å². The van der Waals surface area contributed by atoms with Crippen molar-refractivity contribution in [3.05, 3.63) is 0 Å². The van der Waals surface area contributed by atoms with Crippen molar-refractivity contribution in [3.63, 3.8) is 0 Å². The van der Waals surface area contributed by atoms with Crippen molar-refractivity contribution >= 4 is 117 Å². The Morgan fingerprint density at radius 3 is 0.757 bits per heavy atom. The van der Waals surface area contributed by atoms with Gasteiger partial charge in [-0.25, -0.2) is 21.7 Å². The Morgan fingerprint density at radius 1 is 0.459 bits per heavy atom. The predicted octanol–water partition coefficient (Wildman–Crippen LogP) is -0.162. The Labute approximate surface area is 275 Å². The third-order valence-corrected chi connectivity index (χ3v) is 4.64. The number of hydrogen-bond donors (Lipinski definition) is 4. The van der Waals surface area contributed by atoms with Crippen LogP contribution >= 0.6 is 48.9 Å². The molecule has 0 amide bonds. The zero-order valence-corrected chi connectivity index (χ0v) is 28.1. The Balaban J connectivity index is 0.000000463. The average molecular weight is 749 g/mol. The van der Waals surface area contributed by atoms with Gasteiger partial charge in [0, 0.05) is 26.2 Å². The Kier molecular flexibility index (Phi) is 24.0. The normalized spacial score (nSPS) is 19.5. The maximum atomic E-state index is 4.88. The van der Waals surface area contributed by atoms with Crippen LogP contribution in [0.3, 0.4) is 0 Å². The van der Waals surface area contributed by atoms with Gasteiger partial charge in [0.15, 0.2) is 0 Å². The van der Waals surface area contributed by atoms with Crippen molar-refractivity contribution in [2.45, 2.75) is 25.7 Å². The fraction of sp³-hybridized carbons (Fsp3) is 0.750. The van der Waals surface area contributed by atoms with Gasteiger partial charge in [0.05, 0.1) is 43.7 Å². The van der Waals surface area contributed by atoms with Crippen LogP contribution in [0, 0.1) is 0 Å². The van der Waals surface area contributed by atoms with E-state index in [2.05, 4.69) is 121 Å². The fourth-order valence-electron chi connectivity index (χ4n) is 2.69. The molecule has 0 saturated carbocycles. The molecule has 0 spiro atoms. The Hall–Kier alpha value is 0.808. The zero-order chi connectivity index (χ0) is 26.8. The molecule has 0 radical (unpaired) electrons. The van der Waals surface area contributed by atoms with Crippen LogP contribution in [0.4, 0.5) is 0 Å². The molecule has 37 heavy (non-hydrogen) atoms. The third-order valence-electron chi connectivity index (χ3n) is 4.04. The van der Waals surface area contributed by atoms with Gasteiger partial charge in [-0.2, -0.15) is 0 Å². The van der Waals surface area contributed by atoms with Crippen molar-refractivity contribution < 1.29 is 40.4 Å². The maximum absolute atomic E-state index is 4.88. The van der Waals surface area contributed by atoms with Crippen molar-refractivity contribution in [3.8, 4) is 0 Å². The summed E-state index contributed by atoms with van der Waals surface area (Å²) in [5.41, 5.74) is 11.8. The van der Waals surface area contributed by atoms with Gasteiger partial charge >= 0.3 is 21.1 Å². The van der Waals surface area contributed by atoms with Crippen molar-refractivity contribution in [2.24, 2.45) is 0 Å². The molecular formula is C16H28MoN8O4S8. The van der Waals surface area contributed by atoms with Crippen LogP contribution in [0.5, 0.6) is 0 Å². The standard InChI is InChI=1S/4C4H8N2OS2.Mo/c4*8-4(9)7-6-3-1-2-5-6;/h4*5H,1-3H2,(H,8,9);/q;;;;+4/p-4. The van der Waals surface area contributed by atoms with E-state index in [0.29, 0.717) is 0 Å². The molecule has 4 rings (SSSR count). The second-order valence-corrected chi connectivity index (χ2v) is 10.8. The number of hydroxylamine groups is 4. The molecule has 4 fully saturated rings. The number of nitrogens with zero attached hydrogens (tertiary/aromatic N) is 4. The zero-order valence-electron chi connectivity index (χ0n) is 19.6. The molecule has 0 aromatic carbocycles. The summed E-state index contributed by atoms with van der Waals surface area (Å²) in [7, 11) is 0. The first-order valence-electron chi connectivity index (χ1n) is 10.8. The summed E-state index contributed by atoms with van der Waals surface area (Å²) >= 11 is 36.3. The van der Waals surface area contributed by atoms with E-state index >= 15 is 0 Å². The van der Waals surface area contributed by atoms with Crippen LogP contribution in [-0.2, 0) is 90.9 Å². The van der Waals surface area contributed by atoms with Crippen LogP contribution in [-0.4, -0.2) is 90.6 Å². The van der Waals surface area contributed by atoms with Gasteiger partial charge in [-0.05, 0) is 25.7 Å². The van der Waals surface area contributed by atoms with Gasteiger partial charge in [-0.3, -0.25) is 0 Å². The first-order valence-corrected chi connectivity index (χ1v) is 14.0. The van der Waals surface area contributed by atoms with Gasteiger partial charge in [-0.1, -0.05) is 20.7 Å². The van der Waals surface area contributed by atoms with Crippen LogP contribution in [0.1, 0.15) is 25.7 Å². The number of rotatable bonds is 4. The van der Waals surface area contributed by atoms with Gasteiger partial charge in [0.1, 0.15) is 0 Å². The predicted molar refractivity (Wildman–Crippen MR) is 161 cm³/mol. The number of hydrazine groups is 4. The molecule has 0 aromatic rings. The first-order chi connectivity index (χ1) is 17.2. The molecule has 0 aliphatic carbocycles. The summed E-state index contributed by atoms with van der Waals surface area (Å²) in [6.45, 7) is 7.20. The monoisotopic (exact) mass is 750 g/mol. The largest absolute Gasteiger partial charge is 4.00 e. The van der Waals surface area contributed by atoms with E-state index in [1.165, 1.54) is 0 Å². The van der Waals surface area contributed by atoms with Gasteiger partial charge < -0.3 is 119 Å². The topological polar surface area (TPSA) is 98.0 Å². The summed E-state index contributed by atoms with van der Waals surface area (Å²) in [5.74, 6) is 0. The number of hydrogen-bond acceptors (Lipinski definition) is 20. The number of thiocarbonyl (C=S) groups is 4. The summed E-state index contributed by atoms with van der Waals surface area (Å²) in [6, 6.07) is 0. The SMILES string of the molecule is S=C([S-])ON1CCCN1.S=C([S-])ON1CCCN1.S=C([S-])ON1CCCN1.S=C([S-])ON1CCCN1.[Mo+4]. The summed E-state index contributed by atoms with van der Waals surface area (Å²) in [4.78, 5) is 19.5. The van der Waals surface area contributed by atoms with E-state index in [1.54, 1.807) is 20.7 Å². The van der Waals surface area contributed by atoms with Crippen LogP contribution in [0.25, 0.3) is 0 Å². The molecule has 210 valence electrons. The molecule has 4 N–H and O–H groups in total. The van der Waals surface area contributed by atoms with E-state index in [-0.39, 0.29) is 38.6 Å². The summed E-state index contributed by atoms with van der Waals surface area (Å²) in [5, 5.41) is 6.26. The van der Waals surface area contributed by atoms with Crippen molar-refractivity contribution in [1.29, 1.82) is 0 Å². The summed E-state index contributed by atoms with van der Waals surface area (Å²) < 4.78 is 0.572. The smallest absolute Gasteiger partial charge is 0.412 e. The second kappa shape index (κ2) is 23.5. The van der Waals surface area contributed by atoms with E-state index in [4.69, 9.17) is 19.4 Å². The Bertz CT molecular complexity index is 571.